The van der Waals surface area contributed by atoms with E-state index in [1.165, 1.54) is 0 Å². The zero-order valence-corrected chi connectivity index (χ0v) is 8.84. The van der Waals surface area contributed by atoms with E-state index in [1.54, 1.807) is 6.20 Å². The molecular formula is C13H13NO2. The Bertz CT molecular complexity index is 443. The van der Waals surface area contributed by atoms with Crippen LogP contribution < -0.4 is 4.74 Å². The van der Waals surface area contributed by atoms with Crippen molar-refractivity contribution in [1.82, 2.24) is 4.98 Å². The van der Waals surface area contributed by atoms with E-state index in [-0.39, 0.29) is 6.61 Å². The molecule has 1 heterocycles. The van der Waals surface area contributed by atoms with Crippen molar-refractivity contribution in [3.63, 3.8) is 0 Å². The van der Waals surface area contributed by atoms with Crippen LogP contribution in [-0.2, 0) is 13.2 Å². The second-order valence-electron chi connectivity index (χ2n) is 3.38. The fraction of sp³-hybridized carbons (Fsp3) is 0.154. The average molecular weight is 215 g/mol. The lowest BCUT2D eigenvalue weighted by Gasteiger charge is -2.09. The first-order valence-electron chi connectivity index (χ1n) is 5.11. The van der Waals surface area contributed by atoms with E-state index in [0.29, 0.717) is 12.4 Å². The number of ether oxygens (including phenoxy) is 1. The van der Waals surface area contributed by atoms with Gasteiger partial charge in [0, 0.05) is 11.8 Å². The number of aromatic nitrogens is 1. The van der Waals surface area contributed by atoms with E-state index in [4.69, 9.17) is 9.84 Å². The van der Waals surface area contributed by atoms with E-state index in [2.05, 4.69) is 4.98 Å². The summed E-state index contributed by atoms with van der Waals surface area (Å²) in [6.45, 7) is 0.399. The molecular weight excluding hydrogens is 202 g/mol. The molecule has 16 heavy (non-hydrogen) atoms. The Hall–Kier alpha value is -1.87. The van der Waals surface area contributed by atoms with Crippen LogP contribution in [0.3, 0.4) is 0 Å². The second kappa shape index (κ2) is 5.28. The number of aliphatic hydroxyl groups is 1. The summed E-state index contributed by atoms with van der Waals surface area (Å²) in [5, 5.41) is 9.12. The molecule has 3 heteroatoms. The molecule has 82 valence electrons. The van der Waals surface area contributed by atoms with Gasteiger partial charge in [-0.3, -0.25) is 4.98 Å². The van der Waals surface area contributed by atoms with Crippen LogP contribution in [0.15, 0.2) is 48.7 Å². The average Bonchev–Trinajstić information content (AvgIpc) is 2.38. The molecule has 0 aliphatic carbocycles. The van der Waals surface area contributed by atoms with Crippen molar-refractivity contribution in [2.75, 3.05) is 0 Å². The minimum absolute atomic E-state index is 0.0155. The number of nitrogens with zero attached hydrogens (tertiary/aromatic N) is 1. The van der Waals surface area contributed by atoms with Gasteiger partial charge in [-0.1, -0.05) is 24.3 Å². The number of hydrogen-bond donors (Lipinski definition) is 1. The third-order valence-corrected chi connectivity index (χ3v) is 2.24. The summed E-state index contributed by atoms with van der Waals surface area (Å²) < 4.78 is 5.59. The molecule has 0 amide bonds. The largest absolute Gasteiger partial charge is 0.487 e. The van der Waals surface area contributed by atoms with Crippen LogP contribution in [0, 0.1) is 0 Å². The molecule has 0 radical (unpaired) electrons. The normalized spacial score (nSPS) is 10.1. The maximum Gasteiger partial charge on any atom is 0.130 e. The van der Waals surface area contributed by atoms with Crippen LogP contribution in [-0.4, -0.2) is 10.1 Å². The number of rotatable bonds is 4. The maximum atomic E-state index is 9.12. The summed E-state index contributed by atoms with van der Waals surface area (Å²) in [5.74, 6) is 0.704. The van der Waals surface area contributed by atoms with Crippen molar-refractivity contribution < 1.29 is 9.84 Å². The smallest absolute Gasteiger partial charge is 0.130 e. The third-order valence-electron chi connectivity index (χ3n) is 2.24. The van der Waals surface area contributed by atoms with Gasteiger partial charge < -0.3 is 9.84 Å². The van der Waals surface area contributed by atoms with Gasteiger partial charge in [0.1, 0.15) is 12.4 Å². The summed E-state index contributed by atoms with van der Waals surface area (Å²) in [4.78, 5) is 4.16. The molecule has 0 aliphatic rings. The van der Waals surface area contributed by atoms with E-state index in [0.717, 1.165) is 11.3 Å². The molecule has 1 aromatic heterocycles. The molecule has 1 N–H and O–H groups in total. The molecule has 0 atom stereocenters. The van der Waals surface area contributed by atoms with Crippen LogP contribution in [0.2, 0.25) is 0 Å². The van der Waals surface area contributed by atoms with Gasteiger partial charge in [0.05, 0.1) is 12.3 Å². The molecule has 0 saturated heterocycles. The first-order valence-corrected chi connectivity index (χ1v) is 5.11. The zero-order chi connectivity index (χ0) is 11.2. The van der Waals surface area contributed by atoms with Crippen LogP contribution in [0.25, 0.3) is 0 Å². The maximum absolute atomic E-state index is 9.12. The predicted molar refractivity (Wildman–Crippen MR) is 60.9 cm³/mol. The highest BCUT2D eigenvalue weighted by Gasteiger charge is 2.01. The first kappa shape index (κ1) is 10.6. The van der Waals surface area contributed by atoms with Crippen molar-refractivity contribution in [2.24, 2.45) is 0 Å². The molecule has 0 aliphatic heterocycles. The predicted octanol–water partition coefficient (Wildman–Crippen LogP) is 2.15. The highest BCUT2D eigenvalue weighted by molar-refractivity contribution is 5.32. The Balaban J connectivity index is 2.05. The van der Waals surface area contributed by atoms with E-state index >= 15 is 0 Å². The molecule has 0 saturated carbocycles. The minimum Gasteiger partial charge on any atom is -0.487 e. The van der Waals surface area contributed by atoms with Gasteiger partial charge in [0.25, 0.3) is 0 Å². The molecule has 0 unspecified atom stereocenters. The van der Waals surface area contributed by atoms with Crippen molar-refractivity contribution in [1.29, 1.82) is 0 Å². The summed E-state index contributed by atoms with van der Waals surface area (Å²) >= 11 is 0. The van der Waals surface area contributed by atoms with Gasteiger partial charge >= 0.3 is 0 Å². The number of para-hydroxylation sites is 1. The molecule has 2 aromatic rings. The van der Waals surface area contributed by atoms with Gasteiger partial charge in [-0.2, -0.15) is 0 Å². The molecule has 0 spiro atoms. The topological polar surface area (TPSA) is 42.4 Å². The van der Waals surface area contributed by atoms with Crippen LogP contribution in [0.4, 0.5) is 0 Å². The summed E-state index contributed by atoms with van der Waals surface area (Å²) in [6, 6.07) is 13.1. The van der Waals surface area contributed by atoms with Crippen molar-refractivity contribution >= 4 is 0 Å². The molecule has 0 bridgehead atoms. The lowest BCUT2D eigenvalue weighted by atomic mass is 10.2. The summed E-state index contributed by atoms with van der Waals surface area (Å²) in [7, 11) is 0. The number of pyridine rings is 1. The Kier molecular flexibility index (Phi) is 3.51. The van der Waals surface area contributed by atoms with Gasteiger partial charge in [-0.25, -0.2) is 0 Å². The molecule has 2 rings (SSSR count). The van der Waals surface area contributed by atoms with Crippen LogP contribution >= 0.6 is 0 Å². The van der Waals surface area contributed by atoms with Gasteiger partial charge in [-0.05, 0) is 18.2 Å². The summed E-state index contributed by atoms with van der Waals surface area (Å²) in [6.07, 6.45) is 1.73. The van der Waals surface area contributed by atoms with E-state index in [9.17, 15) is 0 Å². The number of benzene rings is 1. The van der Waals surface area contributed by atoms with Crippen molar-refractivity contribution in [3.8, 4) is 5.75 Å². The first-order chi connectivity index (χ1) is 7.90. The second-order valence-corrected chi connectivity index (χ2v) is 3.38. The zero-order valence-electron chi connectivity index (χ0n) is 8.84. The summed E-state index contributed by atoms with van der Waals surface area (Å²) in [5.41, 5.74) is 1.66. The Morgan fingerprint density at radius 1 is 1.06 bits per heavy atom. The highest BCUT2D eigenvalue weighted by Crippen LogP contribution is 2.18. The molecule has 3 nitrogen and oxygen atoms in total. The lowest BCUT2D eigenvalue weighted by molar-refractivity contribution is 0.257. The van der Waals surface area contributed by atoms with Gasteiger partial charge in [-0.15, -0.1) is 0 Å². The minimum atomic E-state index is -0.0155. The number of aliphatic hydroxyl groups excluding tert-OH is 1. The lowest BCUT2D eigenvalue weighted by Crippen LogP contribution is -2.00. The Morgan fingerprint density at radius 3 is 2.62 bits per heavy atom. The molecule has 0 fully saturated rings. The fourth-order valence-corrected chi connectivity index (χ4v) is 1.41. The quantitative estimate of drug-likeness (QED) is 0.849. The van der Waals surface area contributed by atoms with Gasteiger partial charge in [0.2, 0.25) is 0 Å². The van der Waals surface area contributed by atoms with Crippen LogP contribution in [0.1, 0.15) is 11.3 Å². The number of hydrogen-bond acceptors (Lipinski definition) is 3. The van der Waals surface area contributed by atoms with Gasteiger partial charge in [0.15, 0.2) is 0 Å². The van der Waals surface area contributed by atoms with E-state index in [1.807, 2.05) is 42.5 Å². The standard InChI is InChI=1S/C13H13NO2/c15-9-11-5-1-2-7-13(11)16-10-12-6-3-4-8-14-12/h1-8,15H,9-10H2. The Labute approximate surface area is 94.3 Å². The van der Waals surface area contributed by atoms with E-state index < -0.39 is 0 Å². The SMILES string of the molecule is OCc1ccccc1OCc1ccccn1. The molecule has 1 aromatic carbocycles. The van der Waals surface area contributed by atoms with Crippen LogP contribution in [0.5, 0.6) is 5.75 Å². The van der Waals surface area contributed by atoms with Crippen molar-refractivity contribution in [3.05, 3.63) is 59.9 Å². The Morgan fingerprint density at radius 2 is 1.88 bits per heavy atom. The monoisotopic (exact) mass is 215 g/mol. The fourth-order valence-electron chi connectivity index (χ4n) is 1.41. The third kappa shape index (κ3) is 2.58. The highest BCUT2D eigenvalue weighted by atomic mass is 16.5. The van der Waals surface area contributed by atoms with Crippen molar-refractivity contribution in [2.45, 2.75) is 13.2 Å².